The van der Waals surface area contributed by atoms with Crippen LogP contribution in [0.5, 0.6) is 0 Å². The van der Waals surface area contributed by atoms with Gasteiger partial charge in [0.1, 0.15) is 0 Å². The number of thiophene rings is 1. The van der Waals surface area contributed by atoms with Crippen LogP contribution in [-0.4, -0.2) is 18.9 Å². The van der Waals surface area contributed by atoms with E-state index in [-0.39, 0.29) is 0 Å². The monoisotopic (exact) mass is 348 g/mol. The first kappa shape index (κ1) is 13.3. The zero-order chi connectivity index (χ0) is 14.3. The summed E-state index contributed by atoms with van der Waals surface area (Å²) < 4.78 is 7.39. The van der Waals surface area contributed by atoms with Crippen LogP contribution in [0.4, 0.5) is 0 Å². The number of hydrogen-bond acceptors (Lipinski definition) is 4. The molecule has 20 heavy (non-hydrogen) atoms. The van der Waals surface area contributed by atoms with Crippen molar-refractivity contribution in [3.8, 4) is 0 Å². The summed E-state index contributed by atoms with van der Waals surface area (Å²) in [5.41, 5.74) is 0.395. The van der Waals surface area contributed by atoms with Crippen molar-refractivity contribution in [1.29, 1.82) is 0 Å². The highest BCUT2D eigenvalue weighted by Crippen LogP contribution is 2.37. The first-order chi connectivity index (χ1) is 9.61. The number of rotatable bonds is 2. The summed E-state index contributed by atoms with van der Waals surface area (Å²) in [6.45, 7) is 0. The molecular formula is C15H9BrO3S. The molecule has 0 saturated carbocycles. The lowest BCUT2D eigenvalue weighted by atomic mass is 10.1. The van der Waals surface area contributed by atoms with Crippen LogP contribution in [0.25, 0.3) is 20.2 Å². The van der Waals surface area contributed by atoms with Crippen molar-refractivity contribution in [2.24, 2.45) is 0 Å². The topological polar surface area (TPSA) is 43.4 Å². The number of ketones is 1. The van der Waals surface area contributed by atoms with E-state index in [1.165, 1.54) is 18.4 Å². The van der Waals surface area contributed by atoms with Crippen LogP contribution < -0.4 is 0 Å². The Kier molecular flexibility index (Phi) is 3.31. The summed E-state index contributed by atoms with van der Waals surface area (Å²) in [5.74, 6) is -1.44. The molecule has 0 N–H and O–H groups in total. The Morgan fingerprint density at radius 3 is 2.70 bits per heavy atom. The zero-order valence-electron chi connectivity index (χ0n) is 10.5. The van der Waals surface area contributed by atoms with Gasteiger partial charge in [0.05, 0.1) is 7.11 Å². The number of Topliss-reactive ketones (excluding diaryl/α,β-unsaturated/α-hetero) is 1. The van der Waals surface area contributed by atoms with Crippen molar-refractivity contribution in [2.45, 2.75) is 0 Å². The highest BCUT2D eigenvalue weighted by atomic mass is 79.9. The largest absolute Gasteiger partial charge is 0.463 e. The molecule has 0 spiro atoms. The molecule has 0 radical (unpaired) electrons. The number of benzene rings is 2. The predicted octanol–water partition coefficient (Wildman–Crippen LogP) is 4.17. The maximum absolute atomic E-state index is 12.1. The van der Waals surface area contributed by atoms with Crippen LogP contribution >= 0.6 is 27.3 Å². The third-order valence-electron chi connectivity index (χ3n) is 3.07. The third kappa shape index (κ3) is 2.03. The number of carbonyl (C=O) groups is 2. The van der Waals surface area contributed by atoms with E-state index in [4.69, 9.17) is 0 Å². The molecule has 3 nitrogen and oxygen atoms in total. The summed E-state index contributed by atoms with van der Waals surface area (Å²) in [6, 6.07) is 11.4. The van der Waals surface area contributed by atoms with Crippen molar-refractivity contribution in [2.75, 3.05) is 7.11 Å². The highest BCUT2D eigenvalue weighted by molar-refractivity contribution is 9.10. The minimum Gasteiger partial charge on any atom is -0.463 e. The average molecular weight is 349 g/mol. The van der Waals surface area contributed by atoms with Crippen molar-refractivity contribution < 1.29 is 14.3 Å². The molecule has 0 unspecified atom stereocenters. The van der Waals surface area contributed by atoms with Gasteiger partial charge >= 0.3 is 5.97 Å². The fourth-order valence-electron chi connectivity index (χ4n) is 2.15. The van der Waals surface area contributed by atoms with E-state index < -0.39 is 11.8 Å². The third-order valence-corrected chi connectivity index (χ3v) is 4.79. The van der Waals surface area contributed by atoms with Crippen molar-refractivity contribution in [3.05, 3.63) is 46.4 Å². The van der Waals surface area contributed by atoms with Crippen molar-refractivity contribution in [3.63, 3.8) is 0 Å². The van der Waals surface area contributed by atoms with Gasteiger partial charge in [-0.05, 0) is 24.3 Å². The van der Waals surface area contributed by atoms with E-state index in [1.54, 1.807) is 12.1 Å². The summed E-state index contributed by atoms with van der Waals surface area (Å²) in [7, 11) is 1.21. The van der Waals surface area contributed by atoms with Crippen LogP contribution in [0, 0.1) is 0 Å². The molecule has 2 aromatic carbocycles. The molecule has 0 amide bonds. The second-order valence-corrected chi connectivity index (χ2v) is 6.21. The Labute approximate surface area is 127 Å². The van der Waals surface area contributed by atoms with Gasteiger partial charge in [-0.3, -0.25) is 4.79 Å². The lowest BCUT2D eigenvalue weighted by molar-refractivity contribution is -0.135. The molecule has 1 aromatic heterocycles. The Morgan fingerprint density at radius 1 is 1.15 bits per heavy atom. The number of carbonyl (C=O) groups excluding carboxylic acids is 2. The number of hydrogen-bond donors (Lipinski definition) is 0. The molecule has 100 valence electrons. The van der Waals surface area contributed by atoms with Gasteiger partial charge in [0.2, 0.25) is 0 Å². The lowest BCUT2D eigenvalue weighted by Crippen LogP contribution is -2.15. The number of methoxy groups -OCH3 is 1. The molecule has 0 aliphatic heterocycles. The molecule has 3 aromatic rings. The summed E-state index contributed by atoms with van der Waals surface area (Å²) >= 11 is 4.95. The lowest BCUT2D eigenvalue weighted by Gasteiger charge is -2.00. The van der Waals surface area contributed by atoms with Crippen molar-refractivity contribution >= 4 is 59.2 Å². The van der Waals surface area contributed by atoms with E-state index in [0.717, 1.165) is 24.6 Å². The van der Waals surface area contributed by atoms with Gasteiger partial charge < -0.3 is 4.74 Å². The fraction of sp³-hybridized carbons (Fsp3) is 0.0667. The normalized spacial score (nSPS) is 10.9. The quantitative estimate of drug-likeness (QED) is 0.396. The van der Waals surface area contributed by atoms with E-state index >= 15 is 0 Å². The molecule has 3 rings (SSSR count). The summed E-state index contributed by atoms with van der Waals surface area (Å²) in [6.07, 6.45) is 0. The first-order valence-corrected chi connectivity index (χ1v) is 7.46. The maximum Gasteiger partial charge on any atom is 0.379 e. The number of halogens is 1. The van der Waals surface area contributed by atoms with Crippen LogP contribution in [0.1, 0.15) is 10.4 Å². The van der Waals surface area contributed by atoms with E-state index in [2.05, 4.69) is 20.7 Å². The van der Waals surface area contributed by atoms with Gasteiger partial charge in [0, 0.05) is 30.2 Å². The molecule has 5 heteroatoms. The SMILES string of the molecule is COC(=O)C(=O)c1cccc2c1sc1ccc(Br)cc12. The molecule has 0 bridgehead atoms. The molecule has 0 atom stereocenters. The van der Waals surface area contributed by atoms with Crippen LogP contribution in [0.15, 0.2) is 40.9 Å². The standard InChI is InChI=1S/C15H9BrO3S/c1-19-15(18)13(17)10-4-2-3-9-11-7-8(16)5-6-12(11)20-14(9)10/h2-7H,1H3. The number of ether oxygens (including phenoxy) is 1. The van der Waals surface area contributed by atoms with E-state index in [0.29, 0.717) is 5.56 Å². The van der Waals surface area contributed by atoms with Gasteiger partial charge in [-0.1, -0.05) is 28.1 Å². The number of fused-ring (bicyclic) bond motifs is 3. The molecule has 0 aliphatic carbocycles. The molecule has 1 heterocycles. The average Bonchev–Trinajstić information content (AvgIpc) is 2.83. The first-order valence-electron chi connectivity index (χ1n) is 5.85. The van der Waals surface area contributed by atoms with Gasteiger partial charge in [0.15, 0.2) is 0 Å². The van der Waals surface area contributed by atoms with E-state index in [1.807, 2.05) is 24.3 Å². The Hall–Kier alpha value is -1.72. The minimum absolute atomic E-state index is 0.395. The van der Waals surface area contributed by atoms with Crippen LogP contribution in [0.2, 0.25) is 0 Å². The Morgan fingerprint density at radius 2 is 1.95 bits per heavy atom. The molecule has 0 aliphatic rings. The minimum atomic E-state index is -0.837. The fourth-order valence-corrected chi connectivity index (χ4v) is 3.71. The number of esters is 1. The molecule has 0 fully saturated rings. The Balaban J connectivity index is 2.32. The molecular weight excluding hydrogens is 340 g/mol. The second-order valence-electron chi connectivity index (χ2n) is 4.25. The second kappa shape index (κ2) is 5.00. The van der Waals surface area contributed by atoms with Gasteiger partial charge in [-0.2, -0.15) is 0 Å². The van der Waals surface area contributed by atoms with E-state index in [9.17, 15) is 9.59 Å². The zero-order valence-corrected chi connectivity index (χ0v) is 12.9. The predicted molar refractivity (Wildman–Crippen MR) is 83.4 cm³/mol. The van der Waals surface area contributed by atoms with Gasteiger partial charge in [-0.25, -0.2) is 4.79 Å². The van der Waals surface area contributed by atoms with Crippen molar-refractivity contribution in [1.82, 2.24) is 0 Å². The highest BCUT2D eigenvalue weighted by Gasteiger charge is 2.20. The van der Waals surface area contributed by atoms with Gasteiger partial charge in [0.25, 0.3) is 5.78 Å². The summed E-state index contributed by atoms with van der Waals surface area (Å²) in [5, 5.41) is 2.04. The Bertz CT molecular complexity index is 851. The smallest absolute Gasteiger partial charge is 0.379 e. The maximum atomic E-state index is 12.1. The molecule has 0 saturated heterocycles. The van der Waals surface area contributed by atoms with Crippen LogP contribution in [-0.2, 0) is 9.53 Å². The van der Waals surface area contributed by atoms with Gasteiger partial charge in [-0.15, -0.1) is 11.3 Å². The van der Waals surface area contributed by atoms with Crippen LogP contribution in [0.3, 0.4) is 0 Å². The summed E-state index contributed by atoms with van der Waals surface area (Å²) in [4.78, 5) is 23.5.